The molecule has 3 aromatic rings. The first-order chi connectivity index (χ1) is 11.7. The van der Waals surface area contributed by atoms with Gasteiger partial charge in [0.2, 0.25) is 0 Å². The lowest BCUT2D eigenvalue weighted by molar-refractivity contribution is 0.102. The van der Waals surface area contributed by atoms with Crippen LogP contribution in [-0.2, 0) is 19.5 Å². The number of hydrogen-bond acceptors (Lipinski definition) is 5. The molecule has 1 aliphatic heterocycles. The summed E-state index contributed by atoms with van der Waals surface area (Å²) in [4.78, 5) is 21.3. The third-order valence-electron chi connectivity index (χ3n) is 4.33. The van der Waals surface area contributed by atoms with Crippen LogP contribution in [0, 0.1) is 0 Å². The summed E-state index contributed by atoms with van der Waals surface area (Å²) >= 11 is 1.40. The Morgan fingerprint density at radius 2 is 2.21 bits per heavy atom. The van der Waals surface area contributed by atoms with Crippen molar-refractivity contribution < 1.29 is 4.79 Å². The van der Waals surface area contributed by atoms with E-state index in [0.717, 1.165) is 40.5 Å². The van der Waals surface area contributed by atoms with E-state index in [0.29, 0.717) is 12.2 Å². The second-order valence-corrected chi connectivity index (χ2v) is 6.92. The highest BCUT2D eigenvalue weighted by molar-refractivity contribution is 7.09. The molecule has 124 valence electrons. The van der Waals surface area contributed by atoms with E-state index in [1.54, 1.807) is 5.38 Å². The molecule has 0 fully saturated rings. The quantitative estimate of drug-likeness (QED) is 0.767. The van der Waals surface area contributed by atoms with Crippen molar-refractivity contribution in [3.63, 3.8) is 0 Å². The van der Waals surface area contributed by atoms with Crippen LogP contribution in [-0.4, -0.2) is 20.4 Å². The number of amides is 1. The van der Waals surface area contributed by atoms with Crippen LogP contribution in [0.15, 0.2) is 23.6 Å². The van der Waals surface area contributed by atoms with Gasteiger partial charge >= 0.3 is 0 Å². The number of rotatable bonds is 3. The molecule has 24 heavy (non-hydrogen) atoms. The highest BCUT2D eigenvalue weighted by Gasteiger charge is 2.15. The Morgan fingerprint density at radius 1 is 1.29 bits per heavy atom. The Bertz CT molecular complexity index is 898. The number of aromatic nitrogens is 3. The topological polar surface area (TPSA) is 85.8 Å². The van der Waals surface area contributed by atoms with Gasteiger partial charge in [0.05, 0.1) is 11.0 Å². The molecule has 2 aromatic heterocycles. The molecule has 0 saturated carbocycles. The van der Waals surface area contributed by atoms with Crippen molar-refractivity contribution in [2.45, 2.75) is 38.8 Å². The minimum absolute atomic E-state index is 0.217. The molecule has 0 saturated heterocycles. The number of aryl methyl sites for hydroxylation is 2. The maximum Gasteiger partial charge on any atom is 0.275 e. The zero-order chi connectivity index (χ0) is 16.5. The first-order valence-corrected chi connectivity index (χ1v) is 9.07. The minimum atomic E-state index is -0.217. The average Bonchev–Trinajstić information content (AvgIpc) is 3.13. The summed E-state index contributed by atoms with van der Waals surface area (Å²) in [5, 5.41) is 5.38. The summed E-state index contributed by atoms with van der Waals surface area (Å²) in [6, 6.07) is 5.90. The van der Waals surface area contributed by atoms with Crippen LogP contribution >= 0.6 is 11.3 Å². The summed E-state index contributed by atoms with van der Waals surface area (Å²) in [6.45, 7) is 1.38. The van der Waals surface area contributed by atoms with Crippen LogP contribution < -0.4 is 11.1 Å². The van der Waals surface area contributed by atoms with E-state index in [-0.39, 0.29) is 5.91 Å². The van der Waals surface area contributed by atoms with Crippen LogP contribution in [0.5, 0.6) is 0 Å². The summed E-state index contributed by atoms with van der Waals surface area (Å²) in [6.07, 6.45) is 4.68. The summed E-state index contributed by atoms with van der Waals surface area (Å²) in [5.41, 5.74) is 8.76. The minimum Gasteiger partial charge on any atom is -0.328 e. The maximum atomic E-state index is 12.3. The molecule has 0 aliphatic carbocycles. The van der Waals surface area contributed by atoms with Crippen LogP contribution in [0.3, 0.4) is 0 Å². The molecule has 6 nitrogen and oxygen atoms in total. The lowest BCUT2D eigenvalue weighted by atomic mass is 10.2. The fourth-order valence-corrected chi connectivity index (χ4v) is 3.79. The molecule has 0 spiro atoms. The number of nitrogens with two attached hydrogens (primary N) is 1. The monoisotopic (exact) mass is 341 g/mol. The van der Waals surface area contributed by atoms with E-state index in [1.165, 1.54) is 30.6 Å². The van der Waals surface area contributed by atoms with Gasteiger partial charge in [-0.05, 0) is 31.0 Å². The molecule has 1 amide bonds. The van der Waals surface area contributed by atoms with Gasteiger partial charge in [-0.25, -0.2) is 9.97 Å². The summed E-state index contributed by atoms with van der Waals surface area (Å²) < 4.78 is 2.31. The number of carbonyl (C=O) groups excluding carboxylic acids is 1. The molecule has 0 radical (unpaired) electrons. The van der Waals surface area contributed by atoms with Gasteiger partial charge in [0.15, 0.2) is 0 Å². The van der Waals surface area contributed by atoms with Crippen LogP contribution in [0.25, 0.3) is 11.0 Å². The third-order valence-corrected chi connectivity index (χ3v) is 5.20. The summed E-state index contributed by atoms with van der Waals surface area (Å²) in [7, 11) is 0. The molecule has 3 N–H and O–H groups in total. The van der Waals surface area contributed by atoms with Gasteiger partial charge in [-0.15, -0.1) is 11.3 Å². The number of hydrogen-bond donors (Lipinski definition) is 2. The van der Waals surface area contributed by atoms with Gasteiger partial charge in [-0.2, -0.15) is 0 Å². The normalized spacial score (nSPS) is 14.4. The molecule has 0 unspecified atom stereocenters. The smallest absolute Gasteiger partial charge is 0.275 e. The fraction of sp³-hybridized carbons (Fsp3) is 0.353. The average molecular weight is 341 g/mol. The molecule has 4 rings (SSSR count). The van der Waals surface area contributed by atoms with Crippen molar-refractivity contribution in [1.82, 2.24) is 14.5 Å². The number of thiazole rings is 1. The highest BCUT2D eigenvalue weighted by Crippen LogP contribution is 2.24. The van der Waals surface area contributed by atoms with Crippen molar-refractivity contribution in [3.8, 4) is 0 Å². The van der Waals surface area contributed by atoms with Crippen LogP contribution in [0.1, 0.15) is 40.6 Å². The molecule has 7 heteroatoms. The van der Waals surface area contributed by atoms with Crippen molar-refractivity contribution in [2.24, 2.45) is 5.73 Å². The van der Waals surface area contributed by atoms with E-state index in [1.807, 2.05) is 18.2 Å². The highest BCUT2D eigenvalue weighted by atomic mass is 32.1. The molecule has 1 aromatic carbocycles. The molecular weight excluding hydrogens is 322 g/mol. The van der Waals surface area contributed by atoms with Gasteiger partial charge in [0.25, 0.3) is 5.91 Å². The molecule has 3 heterocycles. The number of nitrogens with zero attached hydrogens (tertiary/aromatic N) is 3. The van der Waals surface area contributed by atoms with Crippen molar-refractivity contribution in [1.29, 1.82) is 0 Å². The van der Waals surface area contributed by atoms with Crippen molar-refractivity contribution in [2.75, 3.05) is 5.32 Å². The van der Waals surface area contributed by atoms with E-state index >= 15 is 0 Å². The second kappa shape index (κ2) is 6.33. The Balaban J connectivity index is 1.60. The maximum absolute atomic E-state index is 12.3. The molecule has 1 aliphatic rings. The molecule has 0 atom stereocenters. The van der Waals surface area contributed by atoms with Gasteiger partial charge in [0, 0.05) is 30.6 Å². The van der Waals surface area contributed by atoms with Crippen molar-refractivity contribution in [3.05, 3.63) is 40.1 Å². The standard InChI is InChI=1S/C17H19N5OS/c18-9-16-21-13(10-24-16)17(23)19-11-5-6-14-12(8-11)20-15-4-2-1-3-7-22(14)15/h5-6,8,10H,1-4,7,9,18H2,(H,19,23). The predicted octanol–water partition coefficient (Wildman–Crippen LogP) is 2.93. The van der Waals surface area contributed by atoms with Crippen LogP contribution in [0.2, 0.25) is 0 Å². The Morgan fingerprint density at radius 3 is 3.04 bits per heavy atom. The number of benzene rings is 1. The second-order valence-electron chi connectivity index (χ2n) is 5.98. The first-order valence-electron chi connectivity index (χ1n) is 8.19. The number of anilines is 1. The predicted molar refractivity (Wildman–Crippen MR) is 95.2 cm³/mol. The van der Waals surface area contributed by atoms with Gasteiger partial charge < -0.3 is 15.6 Å². The Hall–Kier alpha value is -2.25. The lowest BCUT2D eigenvalue weighted by Gasteiger charge is -2.06. The van der Waals surface area contributed by atoms with E-state index in [2.05, 4.69) is 14.9 Å². The fourth-order valence-electron chi connectivity index (χ4n) is 3.13. The van der Waals surface area contributed by atoms with Crippen molar-refractivity contribution >= 4 is 34.0 Å². The number of carbonyl (C=O) groups is 1. The van der Waals surface area contributed by atoms with E-state index in [4.69, 9.17) is 10.7 Å². The zero-order valence-electron chi connectivity index (χ0n) is 13.3. The molecular formula is C17H19N5OS. The number of nitrogens with one attached hydrogen (secondary N) is 1. The van der Waals surface area contributed by atoms with E-state index < -0.39 is 0 Å². The van der Waals surface area contributed by atoms with Gasteiger partial charge in [0.1, 0.15) is 16.5 Å². The molecule has 0 bridgehead atoms. The van der Waals surface area contributed by atoms with Gasteiger partial charge in [-0.3, -0.25) is 4.79 Å². The lowest BCUT2D eigenvalue weighted by Crippen LogP contribution is -2.12. The largest absolute Gasteiger partial charge is 0.328 e. The Labute approximate surface area is 143 Å². The summed E-state index contributed by atoms with van der Waals surface area (Å²) in [5.74, 6) is 0.934. The van der Waals surface area contributed by atoms with Gasteiger partial charge in [-0.1, -0.05) is 6.42 Å². The SMILES string of the molecule is NCc1nc(C(=O)Nc2ccc3c(c2)nc2n3CCCCC2)cs1. The van der Waals surface area contributed by atoms with Crippen LogP contribution in [0.4, 0.5) is 5.69 Å². The number of fused-ring (bicyclic) bond motifs is 3. The first kappa shape index (κ1) is 15.3. The Kier molecular flexibility index (Phi) is 4.03. The number of imidazole rings is 1. The third kappa shape index (κ3) is 2.81. The zero-order valence-corrected chi connectivity index (χ0v) is 14.1. The van der Waals surface area contributed by atoms with E-state index in [9.17, 15) is 4.79 Å².